The zero-order valence-electron chi connectivity index (χ0n) is 10.6. The number of nitrogens with one attached hydrogen (secondary N) is 1. The van der Waals surface area contributed by atoms with Crippen LogP contribution in [0.5, 0.6) is 0 Å². The van der Waals surface area contributed by atoms with Crippen LogP contribution in [0, 0.1) is 0 Å². The second-order valence-corrected chi connectivity index (χ2v) is 5.44. The van der Waals surface area contributed by atoms with E-state index in [0.29, 0.717) is 6.04 Å². The molecule has 0 bridgehead atoms. The highest BCUT2D eigenvalue weighted by atomic mass is 32.2. The Morgan fingerprint density at radius 1 is 1.72 bits per heavy atom. The molecule has 100 valence electrons. The minimum atomic E-state index is -0.205. The van der Waals surface area contributed by atoms with E-state index in [0.717, 1.165) is 30.2 Å². The van der Waals surface area contributed by atoms with Gasteiger partial charge in [-0.25, -0.2) is 0 Å². The summed E-state index contributed by atoms with van der Waals surface area (Å²) in [4.78, 5) is 11.6. The molecule has 0 aliphatic heterocycles. The van der Waals surface area contributed by atoms with Gasteiger partial charge in [0, 0.05) is 18.8 Å². The normalized spacial score (nSPS) is 16.6. The Kier molecular flexibility index (Phi) is 4.60. The molecule has 0 radical (unpaired) electrons. The Balaban J connectivity index is 1.77. The summed E-state index contributed by atoms with van der Waals surface area (Å²) in [6, 6.07) is 0.289. The third-order valence-electron chi connectivity index (χ3n) is 2.81. The van der Waals surface area contributed by atoms with Crippen LogP contribution in [0.25, 0.3) is 0 Å². The fourth-order valence-electron chi connectivity index (χ4n) is 1.62. The van der Waals surface area contributed by atoms with Gasteiger partial charge in [-0.05, 0) is 19.3 Å². The predicted molar refractivity (Wildman–Crippen MR) is 68.3 cm³/mol. The van der Waals surface area contributed by atoms with Crippen LogP contribution in [-0.2, 0) is 16.6 Å². The van der Waals surface area contributed by atoms with Gasteiger partial charge in [0.2, 0.25) is 0 Å². The number of carbonyl (C=O) groups excluding carboxylic acids is 1. The fourth-order valence-corrected chi connectivity index (χ4v) is 2.51. The van der Waals surface area contributed by atoms with Crippen LogP contribution in [0.15, 0.2) is 11.5 Å². The van der Waals surface area contributed by atoms with Crippen molar-refractivity contribution in [2.45, 2.75) is 36.5 Å². The predicted octanol–water partition coefficient (Wildman–Crippen LogP) is 0.591. The molecule has 1 fully saturated rings. The highest BCUT2D eigenvalue weighted by molar-refractivity contribution is 7.99. The molecule has 0 amide bonds. The lowest BCUT2D eigenvalue weighted by Gasteiger charge is -2.15. The lowest BCUT2D eigenvalue weighted by Crippen LogP contribution is -2.39. The molecular formula is C11H18N4O2S. The molecule has 1 aliphatic carbocycles. The smallest absolute Gasteiger partial charge is 0.322 e. The maximum absolute atomic E-state index is 11.6. The van der Waals surface area contributed by atoms with Gasteiger partial charge in [0.25, 0.3) is 0 Å². The molecule has 7 heteroatoms. The largest absolute Gasteiger partial charge is 0.468 e. The highest BCUT2D eigenvalue weighted by Crippen LogP contribution is 2.21. The van der Waals surface area contributed by atoms with Crippen LogP contribution in [0.1, 0.15) is 19.3 Å². The molecule has 6 nitrogen and oxygen atoms in total. The van der Waals surface area contributed by atoms with Crippen molar-refractivity contribution >= 4 is 17.7 Å². The van der Waals surface area contributed by atoms with E-state index in [-0.39, 0.29) is 12.0 Å². The number of esters is 1. The maximum atomic E-state index is 11.6. The molecule has 0 aromatic carbocycles. The summed E-state index contributed by atoms with van der Waals surface area (Å²) < 4.78 is 6.68. The number of hydrogen-bond donors (Lipinski definition) is 1. The van der Waals surface area contributed by atoms with Gasteiger partial charge in [-0.2, -0.15) is 0 Å². The van der Waals surface area contributed by atoms with E-state index in [1.165, 1.54) is 7.11 Å². The van der Waals surface area contributed by atoms with Crippen LogP contribution >= 0.6 is 11.8 Å². The Hall–Kier alpha value is -1.08. The molecule has 1 N–H and O–H groups in total. The highest BCUT2D eigenvalue weighted by Gasteiger charge is 2.28. The van der Waals surface area contributed by atoms with Gasteiger partial charge in [0.05, 0.1) is 7.11 Å². The lowest BCUT2D eigenvalue weighted by molar-refractivity contribution is -0.143. The minimum absolute atomic E-state index is 0.180. The van der Waals surface area contributed by atoms with E-state index in [1.807, 2.05) is 11.6 Å². The number of rotatable bonds is 7. The van der Waals surface area contributed by atoms with Gasteiger partial charge in [0.15, 0.2) is 5.16 Å². The summed E-state index contributed by atoms with van der Waals surface area (Å²) in [6.45, 7) is 0. The van der Waals surface area contributed by atoms with Crippen molar-refractivity contribution in [3.8, 4) is 0 Å². The maximum Gasteiger partial charge on any atom is 0.322 e. The van der Waals surface area contributed by atoms with E-state index in [2.05, 4.69) is 15.5 Å². The second kappa shape index (κ2) is 6.19. The third kappa shape index (κ3) is 3.71. The first-order chi connectivity index (χ1) is 8.70. The molecule has 1 unspecified atom stereocenters. The standard InChI is InChI=1S/C11H18N4O2S/c1-15-7-12-14-11(15)18-6-5-9(10(16)17-2)13-8-3-4-8/h7-9,13H,3-6H2,1-2H3. The molecular weight excluding hydrogens is 252 g/mol. The lowest BCUT2D eigenvalue weighted by atomic mass is 10.2. The number of carbonyl (C=O) groups is 1. The average molecular weight is 270 g/mol. The average Bonchev–Trinajstić information content (AvgIpc) is 3.10. The Morgan fingerprint density at radius 2 is 2.50 bits per heavy atom. The number of thioether (sulfide) groups is 1. The van der Waals surface area contributed by atoms with Gasteiger partial charge in [-0.1, -0.05) is 11.8 Å². The van der Waals surface area contributed by atoms with E-state index >= 15 is 0 Å². The molecule has 1 atom stereocenters. The second-order valence-electron chi connectivity index (χ2n) is 4.38. The third-order valence-corrected chi connectivity index (χ3v) is 3.88. The number of ether oxygens (including phenoxy) is 1. The Labute approximate surface area is 110 Å². The van der Waals surface area contributed by atoms with Crippen LogP contribution in [0.2, 0.25) is 0 Å². The van der Waals surface area contributed by atoms with Gasteiger partial charge >= 0.3 is 5.97 Å². The van der Waals surface area contributed by atoms with Crippen molar-refractivity contribution < 1.29 is 9.53 Å². The van der Waals surface area contributed by atoms with Crippen LogP contribution in [0.3, 0.4) is 0 Å². The summed E-state index contributed by atoms with van der Waals surface area (Å²) in [5.41, 5.74) is 0. The molecule has 0 spiro atoms. The van der Waals surface area contributed by atoms with E-state index in [9.17, 15) is 4.79 Å². The van der Waals surface area contributed by atoms with Crippen molar-refractivity contribution in [3.63, 3.8) is 0 Å². The summed E-state index contributed by atoms with van der Waals surface area (Å²) in [5.74, 6) is 0.631. The number of hydrogen-bond acceptors (Lipinski definition) is 6. The van der Waals surface area contributed by atoms with E-state index in [4.69, 9.17) is 4.74 Å². The van der Waals surface area contributed by atoms with Crippen molar-refractivity contribution in [1.29, 1.82) is 0 Å². The summed E-state index contributed by atoms with van der Waals surface area (Å²) in [6.07, 6.45) is 4.72. The van der Waals surface area contributed by atoms with Gasteiger partial charge < -0.3 is 14.6 Å². The number of methoxy groups -OCH3 is 1. The molecule has 1 heterocycles. The summed E-state index contributed by atoms with van der Waals surface area (Å²) in [5, 5.41) is 12.0. The van der Waals surface area contributed by atoms with Crippen LogP contribution in [0.4, 0.5) is 0 Å². The van der Waals surface area contributed by atoms with Crippen LogP contribution < -0.4 is 5.32 Å². The minimum Gasteiger partial charge on any atom is -0.468 e. The van der Waals surface area contributed by atoms with Gasteiger partial charge in [-0.3, -0.25) is 4.79 Å². The SMILES string of the molecule is COC(=O)C(CCSc1nncn1C)NC1CC1. The molecule has 1 aromatic rings. The molecule has 18 heavy (non-hydrogen) atoms. The molecule has 1 aromatic heterocycles. The van der Waals surface area contributed by atoms with E-state index in [1.54, 1.807) is 18.1 Å². The molecule has 1 aliphatic rings. The monoisotopic (exact) mass is 270 g/mol. The topological polar surface area (TPSA) is 69.0 Å². The van der Waals surface area contributed by atoms with Gasteiger partial charge in [0.1, 0.15) is 12.4 Å². The van der Waals surface area contributed by atoms with Crippen molar-refractivity contribution in [2.75, 3.05) is 12.9 Å². The first-order valence-electron chi connectivity index (χ1n) is 6.01. The van der Waals surface area contributed by atoms with Crippen molar-refractivity contribution in [1.82, 2.24) is 20.1 Å². The number of aromatic nitrogens is 3. The quantitative estimate of drug-likeness (QED) is 0.578. The van der Waals surface area contributed by atoms with Crippen molar-refractivity contribution in [3.05, 3.63) is 6.33 Å². The Bertz CT molecular complexity index is 406. The first kappa shape index (κ1) is 13.4. The first-order valence-corrected chi connectivity index (χ1v) is 7.00. The molecule has 1 saturated carbocycles. The molecule has 2 rings (SSSR count). The number of aryl methyl sites for hydroxylation is 1. The fraction of sp³-hybridized carbons (Fsp3) is 0.727. The number of nitrogens with zero attached hydrogens (tertiary/aromatic N) is 3. The van der Waals surface area contributed by atoms with E-state index < -0.39 is 0 Å². The zero-order chi connectivity index (χ0) is 13.0. The molecule has 0 saturated heterocycles. The van der Waals surface area contributed by atoms with Crippen molar-refractivity contribution in [2.24, 2.45) is 7.05 Å². The summed E-state index contributed by atoms with van der Waals surface area (Å²) >= 11 is 1.60. The van der Waals surface area contributed by atoms with Crippen LogP contribution in [-0.4, -0.2) is 45.7 Å². The zero-order valence-corrected chi connectivity index (χ0v) is 11.4. The Morgan fingerprint density at radius 3 is 3.06 bits per heavy atom. The summed E-state index contributed by atoms with van der Waals surface area (Å²) in [7, 11) is 3.34. The van der Waals surface area contributed by atoms with Gasteiger partial charge in [-0.15, -0.1) is 10.2 Å².